The molecule has 0 amide bonds. The summed E-state index contributed by atoms with van der Waals surface area (Å²) in [6, 6.07) is 14.4. The van der Waals surface area contributed by atoms with Crippen LogP contribution < -0.4 is 11.1 Å². The first kappa shape index (κ1) is 19.4. The fourth-order valence-corrected chi connectivity index (χ4v) is 3.03. The van der Waals surface area contributed by atoms with Gasteiger partial charge in [0.05, 0.1) is 28.4 Å². The maximum Gasteiger partial charge on any atom is 0.433 e. The van der Waals surface area contributed by atoms with Crippen LogP contribution in [0.2, 0.25) is 0 Å². The van der Waals surface area contributed by atoms with E-state index in [1.165, 1.54) is 25.1 Å². The summed E-state index contributed by atoms with van der Waals surface area (Å²) in [6.07, 6.45) is -4.10. The number of nitrogens with one attached hydrogen (secondary N) is 1. The molecule has 30 heavy (non-hydrogen) atoms. The average Bonchev–Trinajstić information content (AvgIpc) is 3.05. The zero-order valence-corrected chi connectivity index (χ0v) is 15.5. The van der Waals surface area contributed by atoms with Crippen LogP contribution in [0.3, 0.4) is 0 Å². The summed E-state index contributed by atoms with van der Waals surface area (Å²) < 4.78 is 42.2. The van der Waals surface area contributed by atoms with E-state index in [1.54, 1.807) is 36.4 Å². The van der Waals surface area contributed by atoms with Gasteiger partial charge in [0.25, 0.3) is 11.1 Å². The molecular formula is C20H14F3N5O2. The number of aromatic nitrogens is 4. The van der Waals surface area contributed by atoms with Crippen molar-refractivity contribution < 1.29 is 13.2 Å². The molecule has 7 nitrogen and oxygen atoms in total. The van der Waals surface area contributed by atoms with Gasteiger partial charge in [-0.05, 0) is 31.2 Å². The molecule has 2 aromatic heterocycles. The zero-order valence-electron chi connectivity index (χ0n) is 15.5. The molecule has 0 atom stereocenters. The Kier molecular flexibility index (Phi) is 4.61. The number of nitrogens with zero attached hydrogens (tertiary/aromatic N) is 4. The molecule has 0 unspecified atom stereocenters. The number of rotatable bonds is 3. The number of benzene rings is 2. The van der Waals surface area contributed by atoms with Crippen molar-refractivity contribution in [2.45, 2.75) is 13.1 Å². The average molecular weight is 413 g/mol. The van der Waals surface area contributed by atoms with Gasteiger partial charge in [0.15, 0.2) is 5.69 Å². The minimum Gasteiger partial charge on any atom is -0.286 e. The van der Waals surface area contributed by atoms with E-state index in [4.69, 9.17) is 0 Å². The van der Waals surface area contributed by atoms with Gasteiger partial charge in [-0.2, -0.15) is 22.9 Å². The number of aryl methyl sites for hydroxylation is 1. The Balaban J connectivity index is 1.89. The molecule has 2 aromatic carbocycles. The lowest BCUT2D eigenvalue weighted by Crippen LogP contribution is -2.22. The minimum atomic E-state index is -4.83. The number of aromatic amines is 1. The Bertz CT molecular complexity index is 1380. The lowest BCUT2D eigenvalue weighted by molar-refractivity contribution is -0.141. The molecule has 10 heteroatoms. The molecular weight excluding hydrogens is 399 g/mol. The van der Waals surface area contributed by atoms with Crippen LogP contribution in [0.4, 0.5) is 13.2 Å². The van der Waals surface area contributed by atoms with Crippen molar-refractivity contribution in [1.82, 2.24) is 19.4 Å². The summed E-state index contributed by atoms with van der Waals surface area (Å²) in [6.45, 7) is 1.50. The predicted molar refractivity (Wildman–Crippen MR) is 105 cm³/mol. The molecule has 0 fully saturated rings. The second-order valence-corrected chi connectivity index (χ2v) is 6.41. The summed E-state index contributed by atoms with van der Waals surface area (Å²) in [4.78, 5) is 29.6. The van der Waals surface area contributed by atoms with Crippen molar-refractivity contribution in [3.8, 4) is 5.69 Å². The number of halogens is 3. The molecule has 0 radical (unpaired) electrons. The topological polar surface area (TPSA) is 85.0 Å². The van der Waals surface area contributed by atoms with Gasteiger partial charge >= 0.3 is 6.18 Å². The van der Waals surface area contributed by atoms with Crippen molar-refractivity contribution in [2.75, 3.05) is 0 Å². The zero-order chi connectivity index (χ0) is 21.5. The summed E-state index contributed by atoms with van der Waals surface area (Å²) >= 11 is 0. The molecule has 0 saturated carbocycles. The summed E-state index contributed by atoms with van der Waals surface area (Å²) in [5, 5.41) is 6.19. The van der Waals surface area contributed by atoms with E-state index >= 15 is 0 Å². The number of para-hydroxylation sites is 2. The van der Waals surface area contributed by atoms with Crippen molar-refractivity contribution in [3.05, 3.63) is 92.4 Å². The molecule has 0 aliphatic rings. The SMILES string of the molecule is Cc1nc2ccccc2c(=O)n1N=Cc1c(C(F)(F)F)[nH]n(-c2ccccc2)c1=O. The third-order valence-electron chi connectivity index (χ3n) is 4.44. The maximum absolute atomic E-state index is 13.5. The van der Waals surface area contributed by atoms with E-state index in [1.807, 2.05) is 0 Å². The van der Waals surface area contributed by atoms with E-state index in [0.717, 1.165) is 15.6 Å². The predicted octanol–water partition coefficient (Wildman–Crippen LogP) is 3.08. The van der Waals surface area contributed by atoms with Crippen LogP contribution >= 0.6 is 0 Å². The Morgan fingerprint density at radius 3 is 2.37 bits per heavy atom. The monoisotopic (exact) mass is 413 g/mol. The highest BCUT2D eigenvalue weighted by molar-refractivity contribution is 5.81. The lowest BCUT2D eigenvalue weighted by Gasteiger charge is -2.06. The minimum absolute atomic E-state index is 0.169. The Morgan fingerprint density at radius 1 is 1.00 bits per heavy atom. The van der Waals surface area contributed by atoms with E-state index in [2.05, 4.69) is 15.2 Å². The first-order valence-electron chi connectivity index (χ1n) is 8.78. The second kappa shape index (κ2) is 7.14. The van der Waals surface area contributed by atoms with Crippen LogP contribution in [0.1, 0.15) is 17.1 Å². The second-order valence-electron chi connectivity index (χ2n) is 6.41. The molecule has 0 bridgehead atoms. The quantitative estimate of drug-likeness (QED) is 0.524. The van der Waals surface area contributed by atoms with E-state index in [-0.39, 0.29) is 16.9 Å². The molecule has 152 valence electrons. The number of H-pyrrole nitrogens is 1. The van der Waals surface area contributed by atoms with Gasteiger partial charge in [0.1, 0.15) is 5.82 Å². The third-order valence-corrected chi connectivity index (χ3v) is 4.44. The van der Waals surface area contributed by atoms with Gasteiger partial charge < -0.3 is 0 Å². The first-order chi connectivity index (χ1) is 14.3. The van der Waals surface area contributed by atoms with Crippen LogP contribution in [-0.2, 0) is 6.18 Å². The summed E-state index contributed by atoms with van der Waals surface area (Å²) in [7, 11) is 0. The number of hydrogen-bond acceptors (Lipinski definition) is 4. The standard InChI is InChI=1S/C20H14F3N5O2/c1-12-25-16-10-6-5-9-14(16)18(29)27(12)24-11-15-17(20(21,22)23)26-28(19(15)30)13-7-3-2-4-8-13/h2-11,26H,1H3. The van der Waals surface area contributed by atoms with Crippen molar-refractivity contribution >= 4 is 17.1 Å². The number of fused-ring (bicyclic) bond motifs is 1. The largest absolute Gasteiger partial charge is 0.433 e. The molecule has 0 aliphatic heterocycles. The van der Waals surface area contributed by atoms with Crippen molar-refractivity contribution in [3.63, 3.8) is 0 Å². The molecule has 1 N–H and O–H groups in total. The van der Waals surface area contributed by atoms with Crippen LogP contribution in [0.15, 0.2) is 69.3 Å². The number of hydrogen-bond donors (Lipinski definition) is 1. The highest BCUT2D eigenvalue weighted by atomic mass is 19.4. The van der Waals surface area contributed by atoms with Gasteiger partial charge in [0.2, 0.25) is 0 Å². The van der Waals surface area contributed by atoms with Crippen molar-refractivity contribution in [2.24, 2.45) is 5.10 Å². The normalized spacial score (nSPS) is 12.1. The van der Waals surface area contributed by atoms with Gasteiger partial charge in [-0.1, -0.05) is 30.3 Å². The molecule has 2 heterocycles. The Hall–Kier alpha value is -3.95. The van der Waals surface area contributed by atoms with Crippen LogP contribution in [0, 0.1) is 6.92 Å². The van der Waals surface area contributed by atoms with Gasteiger partial charge in [-0.3, -0.25) is 14.7 Å². The Morgan fingerprint density at radius 2 is 1.67 bits per heavy atom. The number of alkyl halides is 3. The summed E-state index contributed by atoms with van der Waals surface area (Å²) in [5.74, 6) is 0.169. The van der Waals surface area contributed by atoms with E-state index < -0.39 is 28.6 Å². The summed E-state index contributed by atoms with van der Waals surface area (Å²) in [5.41, 5.74) is -2.81. The van der Waals surface area contributed by atoms with E-state index in [0.29, 0.717) is 5.52 Å². The molecule has 0 aliphatic carbocycles. The molecule has 4 aromatic rings. The van der Waals surface area contributed by atoms with Gasteiger partial charge in [-0.15, -0.1) is 0 Å². The van der Waals surface area contributed by atoms with Gasteiger partial charge in [-0.25, -0.2) is 9.67 Å². The van der Waals surface area contributed by atoms with Crippen LogP contribution in [-0.4, -0.2) is 25.7 Å². The van der Waals surface area contributed by atoms with Crippen molar-refractivity contribution in [1.29, 1.82) is 0 Å². The third kappa shape index (κ3) is 3.32. The van der Waals surface area contributed by atoms with Crippen LogP contribution in [0.25, 0.3) is 16.6 Å². The smallest absolute Gasteiger partial charge is 0.286 e. The molecule has 4 rings (SSSR count). The highest BCUT2D eigenvalue weighted by Gasteiger charge is 2.37. The highest BCUT2D eigenvalue weighted by Crippen LogP contribution is 2.29. The molecule has 0 spiro atoms. The lowest BCUT2D eigenvalue weighted by atomic mass is 10.2. The van der Waals surface area contributed by atoms with Crippen LogP contribution in [0.5, 0.6) is 0 Å². The maximum atomic E-state index is 13.5. The first-order valence-corrected chi connectivity index (χ1v) is 8.78. The fourth-order valence-electron chi connectivity index (χ4n) is 3.03. The Labute approximate surface area is 166 Å². The van der Waals surface area contributed by atoms with E-state index in [9.17, 15) is 22.8 Å². The molecule has 0 saturated heterocycles. The fraction of sp³-hybridized carbons (Fsp3) is 0.100. The van der Waals surface area contributed by atoms with Gasteiger partial charge in [0, 0.05) is 0 Å².